The zero-order chi connectivity index (χ0) is 23.1. The second-order valence-electron chi connectivity index (χ2n) is 7.10. The summed E-state index contributed by atoms with van der Waals surface area (Å²) in [4.78, 5) is 24.9. The lowest BCUT2D eigenvalue weighted by molar-refractivity contribution is 0.0474. The Kier molecular flexibility index (Phi) is 7.66. The number of ketones is 1. The van der Waals surface area contributed by atoms with Gasteiger partial charge in [-0.15, -0.1) is 0 Å². The third-order valence-electron chi connectivity index (χ3n) is 4.97. The largest absolute Gasteiger partial charge is 0.493 e. The first kappa shape index (κ1) is 23.5. The molecule has 0 saturated carbocycles. The maximum Gasteiger partial charge on any atom is 0.338 e. The highest BCUT2D eigenvalue weighted by molar-refractivity contribution is 7.89. The van der Waals surface area contributed by atoms with Crippen molar-refractivity contribution in [2.24, 2.45) is 0 Å². The molecule has 1 aliphatic rings. The molecule has 2 aromatic carbocycles. The highest BCUT2D eigenvalue weighted by Crippen LogP contribution is 2.28. The topological polar surface area (TPSA) is 99.2 Å². The number of carbonyl (C=O) groups excluding carboxylic acids is 2. The van der Waals surface area contributed by atoms with Gasteiger partial charge in [0.1, 0.15) is 6.61 Å². The van der Waals surface area contributed by atoms with Gasteiger partial charge in [0.05, 0.1) is 17.6 Å². The fourth-order valence-corrected chi connectivity index (χ4v) is 4.77. The number of methoxy groups -OCH3 is 1. The average Bonchev–Trinajstić information content (AvgIpc) is 3.37. The van der Waals surface area contributed by atoms with Gasteiger partial charge in [-0.25, -0.2) is 13.2 Å². The van der Waals surface area contributed by atoms with Crippen molar-refractivity contribution in [3.8, 4) is 11.5 Å². The molecule has 0 radical (unpaired) electrons. The van der Waals surface area contributed by atoms with Crippen molar-refractivity contribution in [3.05, 3.63) is 66.2 Å². The van der Waals surface area contributed by atoms with Gasteiger partial charge in [-0.2, -0.15) is 4.31 Å². The van der Waals surface area contributed by atoms with Crippen molar-refractivity contribution in [1.82, 2.24) is 4.31 Å². The highest BCUT2D eigenvalue weighted by Gasteiger charge is 2.27. The smallest absolute Gasteiger partial charge is 0.338 e. The van der Waals surface area contributed by atoms with Gasteiger partial charge >= 0.3 is 5.97 Å². The maximum absolute atomic E-state index is 12.6. The summed E-state index contributed by atoms with van der Waals surface area (Å²) in [6.45, 7) is 4.39. The van der Waals surface area contributed by atoms with E-state index in [-0.39, 0.29) is 22.6 Å². The minimum Gasteiger partial charge on any atom is -0.493 e. The Morgan fingerprint density at radius 3 is 2.31 bits per heavy atom. The van der Waals surface area contributed by atoms with Crippen LogP contribution >= 0.6 is 0 Å². The second kappa shape index (κ2) is 10.4. The zero-order valence-electron chi connectivity index (χ0n) is 17.8. The summed E-state index contributed by atoms with van der Waals surface area (Å²) in [6.07, 6.45) is 3.27. The van der Waals surface area contributed by atoms with Gasteiger partial charge in [-0.1, -0.05) is 12.7 Å². The molecule has 0 bridgehead atoms. The molecule has 2 aromatic rings. The van der Waals surface area contributed by atoms with Crippen molar-refractivity contribution in [2.75, 3.05) is 33.4 Å². The number of hydrogen-bond donors (Lipinski definition) is 0. The summed E-state index contributed by atoms with van der Waals surface area (Å²) in [6, 6.07) is 10.2. The first-order chi connectivity index (χ1) is 15.4. The van der Waals surface area contributed by atoms with Crippen molar-refractivity contribution in [2.45, 2.75) is 17.7 Å². The van der Waals surface area contributed by atoms with Crippen molar-refractivity contribution >= 4 is 21.8 Å². The van der Waals surface area contributed by atoms with Gasteiger partial charge < -0.3 is 14.2 Å². The van der Waals surface area contributed by atoms with E-state index in [9.17, 15) is 18.0 Å². The van der Waals surface area contributed by atoms with E-state index < -0.39 is 28.4 Å². The predicted molar refractivity (Wildman–Crippen MR) is 118 cm³/mol. The first-order valence-electron chi connectivity index (χ1n) is 10.1. The fourth-order valence-electron chi connectivity index (χ4n) is 3.25. The molecule has 0 unspecified atom stereocenters. The Morgan fingerprint density at radius 2 is 1.69 bits per heavy atom. The molecule has 0 N–H and O–H groups in total. The zero-order valence-corrected chi connectivity index (χ0v) is 18.6. The monoisotopic (exact) mass is 459 g/mol. The number of benzene rings is 2. The molecule has 0 spiro atoms. The molecule has 0 aliphatic carbocycles. The van der Waals surface area contributed by atoms with Crippen molar-refractivity contribution in [3.63, 3.8) is 0 Å². The number of sulfonamides is 1. The summed E-state index contributed by atoms with van der Waals surface area (Å²) in [5.41, 5.74) is 0.455. The molecule has 0 amide bonds. The molecule has 0 aromatic heterocycles. The minimum atomic E-state index is -3.55. The predicted octanol–water partition coefficient (Wildman–Crippen LogP) is 3.08. The van der Waals surface area contributed by atoms with Crippen molar-refractivity contribution in [1.29, 1.82) is 0 Å². The van der Waals surface area contributed by atoms with Crippen LogP contribution in [0.15, 0.2) is 60.0 Å². The lowest BCUT2D eigenvalue weighted by Crippen LogP contribution is -2.27. The summed E-state index contributed by atoms with van der Waals surface area (Å²) in [5, 5.41) is 0. The van der Waals surface area contributed by atoms with Crippen LogP contribution in [0.25, 0.3) is 0 Å². The van der Waals surface area contributed by atoms with E-state index in [1.165, 1.54) is 47.8 Å². The molecular formula is C23H25NO7S. The molecule has 170 valence electrons. The Labute approximate surface area is 187 Å². The van der Waals surface area contributed by atoms with Crippen LogP contribution < -0.4 is 9.47 Å². The quantitative estimate of drug-likeness (QED) is 0.306. The number of carbonyl (C=O) groups is 2. The lowest BCUT2D eigenvalue weighted by atomic mass is 10.1. The van der Waals surface area contributed by atoms with Gasteiger partial charge in [0, 0.05) is 18.7 Å². The van der Waals surface area contributed by atoms with Crippen LogP contribution in [0.3, 0.4) is 0 Å². The first-order valence-corrected chi connectivity index (χ1v) is 11.5. The molecule has 1 aliphatic heterocycles. The maximum atomic E-state index is 12.6. The van der Waals surface area contributed by atoms with E-state index in [0.29, 0.717) is 24.6 Å². The van der Waals surface area contributed by atoms with E-state index in [2.05, 4.69) is 6.58 Å². The number of rotatable bonds is 10. The molecule has 8 nitrogen and oxygen atoms in total. The van der Waals surface area contributed by atoms with Gasteiger partial charge in [0.2, 0.25) is 10.0 Å². The standard InChI is InChI=1S/C23H25NO7S/c1-3-14-30-21-11-8-18(15-22(21)29-2)23(26)31-16-20(25)17-6-9-19(10-7-17)32(27,28)24-12-4-5-13-24/h3,6-11,15H,1,4-5,12-14,16H2,2H3. The second-order valence-corrected chi connectivity index (χ2v) is 9.04. The molecular weight excluding hydrogens is 434 g/mol. The van der Waals surface area contributed by atoms with E-state index in [1.54, 1.807) is 12.1 Å². The average molecular weight is 460 g/mol. The Hall–Kier alpha value is -3.17. The van der Waals surface area contributed by atoms with Gasteiger partial charge in [0.15, 0.2) is 23.9 Å². The summed E-state index contributed by atoms with van der Waals surface area (Å²) in [5.74, 6) is -0.340. The highest BCUT2D eigenvalue weighted by atomic mass is 32.2. The molecule has 1 fully saturated rings. The molecule has 3 rings (SSSR count). The number of ether oxygens (including phenoxy) is 3. The van der Waals surface area contributed by atoms with Crippen LogP contribution in [-0.4, -0.2) is 57.9 Å². The van der Waals surface area contributed by atoms with Crippen LogP contribution in [0.1, 0.15) is 33.6 Å². The fraction of sp³-hybridized carbons (Fsp3) is 0.304. The summed E-state index contributed by atoms with van der Waals surface area (Å²) >= 11 is 0. The molecule has 0 atom stereocenters. The lowest BCUT2D eigenvalue weighted by Gasteiger charge is -2.15. The minimum absolute atomic E-state index is 0.138. The van der Waals surface area contributed by atoms with Crippen LogP contribution in [0.2, 0.25) is 0 Å². The Morgan fingerprint density at radius 1 is 1.03 bits per heavy atom. The third kappa shape index (κ3) is 5.35. The summed E-state index contributed by atoms with van der Waals surface area (Å²) in [7, 11) is -2.10. The van der Waals surface area contributed by atoms with Crippen LogP contribution in [0.5, 0.6) is 11.5 Å². The SMILES string of the molecule is C=CCOc1ccc(C(=O)OCC(=O)c2ccc(S(=O)(=O)N3CCCC3)cc2)cc1OC. The van der Waals surface area contributed by atoms with Crippen LogP contribution in [-0.2, 0) is 14.8 Å². The van der Waals surface area contributed by atoms with Gasteiger partial charge in [0.25, 0.3) is 0 Å². The number of Topliss-reactive ketones (excluding diaryl/α,β-unsaturated/α-hetero) is 1. The summed E-state index contributed by atoms with van der Waals surface area (Å²) < 4.78 is 42.3. The van der Waals surface area contributed by atoms with Crippen LogP contribution in [0, 0.1) is 0 Å². The Balaban J connectivity index is 1.61. The number of nitrogens with zero attached hydrogens (tertiary/aromatic N) is 1. The van der Waals surface area contributed by atoms with E-state index >= 15 is 0 Å². The molecule has 32 heavy (non-hydrogen) atoms. The molecule has 9 heteroatoms. The van der Waals surface area contributed by atoms with Gasteiger partial charge in [-0.05, 0) is 55.3 Å². The normalized spacial score (nSPS) is 14.0. The van der Waals surface area contributed by atoms with Crippen LogP contribution in [0.4, 0.5) is 0 Å². The number of esters is 1. The molecule has 1 heterocycles. The molecule has 1 saturated heterocycles. The number of hydrogen-bond acceptors (Lipinski definition) is 7. The van der Waals surface area contributed by atoms with Crippen molar-refractivity contribution < 1.29 is 32.2 Å². The van der Waals surface area contributed by atoms with E-state index in [4.69, 9.17) is 14.2 Å². The third-order valence-corrected chi connectivity index (χ3v) is 6.88. The van der Waals surface area contributed by atoms with E-state index in [0.717, 1.165) is 12.8 Å². The van der Waals surface area contributed by atoms with E-state index in [1.807, 2.05) is 0 Å². The Bertz CT molecular complexity index is 1090. The van der Waals surface area contributed by atoms with Gasteiger partial charge in [-0.3, -0.25) is 4.79 Å².